The first kappa shape index (κ1) is 20.0. The van der Waals surface area contributed by atoms with Crippen LogP contribution in [0, 0.1) is 0 Å². The van der Waals surface area contributed by atoms with E-state index in [4.69, 9.17) is 4.74 Å². The van der Waals surface area contributed by atoms with Crippen molar-refractivity contribution < 1.29 is 9.53 Å². The molecule has 0 radical (unpaired) electrons. The fourth-order valence-corrected chi connectivity index (χ4v) is 5.55. The van der Waals surface area contributed by atoms with Crippen molar-refractivity contribution in [2.45, 2.75) is 37.5 Å². The van der Waals surface area contributed by atoms with Gasteiger partial charge in [-0.1, -0.05) is 36.4 Å². The van der Waals surface area contributed by atoms with Crippen molar-refractivity contribution in [1.82, 2.24) is 9.47 Å². The van der Waals surface area contributed by atoms with Crippen LogP contribution in [-0.2, 0) is 16.1 Å². The summed E-state index contributed by atoms with van der Waals surface area (Å²) in [5, 5.41) is 0.949. The largest absolute Gasteiger partial charge is 0.380 e. The second-order valence-corrected chi connectivity index (χ2v) is 8.28. The molecule has 0 spiro atoms. The van der Waals surface area contributed by atoms with Gasteiger partial charge in [0.1, 0.15) is 5.25 Å². The molecule has 2 heterocycles. The van der Waals surface area contributed by atoms with Crippen LogP contribution in [-0.4, -0.2) is 41.7 Å². The number of para-hydroxylation sites is 1. The van der Waals surface area contributed by atoms with Crippen LogP contribution in [0.2, 0.25) is 0 Å². The van der Waals surface area contributed by atoms with Gasteiger partial charge in [0.05, 0.1) is 12.3 Å². The van der Waals surface area contributed by atoms with E-state index in [-0.39, 0.29) is 11.2 Å². The molecule has 2 aromatic carbocycles. The van der Waals surface area contributed by atoms with Gasteiger partial charge in [-0.25, -0.2) is 0 Å². The maximum atomic E-state index is 13.5. The number of fused-ring (bicyclic) bond motifs is 5. The smallest absolute Gasteiger partial charge is 0.240 e. The number of nitrogens with zero attached hydrogens (tertiary/aromatic N) is 2. The van der Waals surface area contributed by atoms with Crippen LogP contribution in [0.25, 0.3) is 22.2 Å². The van der Waals surface area contributed by atoms with E-state index in [0.717, 1.165) is 25.2 Å². The predicted molar refractivity (Wildman–Crippen MR) is 120 cm³/mol. The Morgan fingerprint density at radius 2 is 1.79 bits per heavy atom. The molecule has 3 aromatic rings. The monoisotopic (exact) mass is 408 g/mol. The summed E-state index contributed by atoms with van der Waals surface area (Å²) < 4.78 is 8.03. The number of carbonyl (C=O) groups excluding carboxylic acids is 1. The Bertz CT molecular complexity index is 1020. The first-order valence-electron chi connectivity index (χ1n) is 10.4. The number of likely N-dealkylation sites (N-methyl/N-ethyl adjacent to an activating group) is 1. The van der Waals surface area contributed by atoms with Gasteiger partial charge in [-0.3, -0.25) is 4.79 Å². The van der Waals surface area contributed by atoms with Crippen molar-refractivity contribution in [1.29, 1.82) is 0 Å². The molecule has 1 aromatic heterocycles. The summed E-state index contributed by atoms with van der Waals surface area (Å²) in [5.41, 5.74) is 4.71. The first-order valence-corrected chi connectivity index (χ1v) is 11.3. The third kappa shape index (κ3) is 3.47. The summed E-state index contributed by atoms with van der Waals surface area (Å²) in [5.74, 6) is 0.198. The van der Waals surface area contributed by atoms with Crippen molar-refractivity contribution in [3.63, 3.8) is 0 Å². The molecule has 0 aliphatic carbocycles. The summed E-state index contributed by atoms with van der Waals surface area (Å²) in [6.07, 6.45) is 0. The van der Waals surface area contributed by atoms with E-state index >= 15 is 0 Å². The van der Waals surface area contributed by atoms with Gasteiger partial charge >= 0.3 is 0 Å². The van der Waals surface area contributed by atoms with Crippen LogP contribution in [0.3, 0.4) is 0 Å². The topological polar surface area (TPSA) is 34.5 Å². The maximum Gasteiger partial charge on any atom is 0.240 e. The summed E-state index contributed by atoms with van der Waals surface area (Å²) >= 11 is 1.69. The van der Waals surface area contributed by atoms with Crippen molar-refractivity contribution in [3.05, 3.63) is 54.1 Å². The zero-order chi connectivity index (χ0) is 20.4. The number of carbonyl (C=O) groups is 1. The summed E-state index contributed by atoms with van der Waals surface area (Å²) in [6, 6.07) is 16.9. The minimum Gasteiger partial charge on any atom is -0.380 e. The number of hydrogen-bond acceptors (Lipinski definition) is 3. The van der Waals surface area contributed by atoms with Gasteiger partial charge in [-0.15, -0.1) is 11.8 Å². The minimum atomic E-state index is -0.224. The molecule has 1 aliphatic heterocycles. The van der Waals surface area contributed by atoms with E-state index in [2.05, 4.69) is 66.9 Å². The molecule has 1 atom stereocenters. The first-order chi connectivity index (χ1) is 14.2. The van der Waals surface area contributed by atoms with Gasteiger partial charge in [0.25, 0.3) is 0 Å². The number of amides is 1. The number of thioether (sulfide) groups is 1. The van der Waals surface area contributed by atoms with Crippen LogP contribution >= 0.6 is 11.8 Å². The van der Waals surface area contributed by atoms with E-state index in [1.54, 1.807) is 11.8 Å². The number of hydrogen-bond donors (Lipinski definition) is 0. The highest BCUT2D eigenvalue weighted by molar-refractivity contribution is 8.00. The zero-order valence-electron chi connectivity index (χ0n) is 17.4. The summed E-state index contributed by atoms with van der Waals surface area (Å²) in [6.45, 7) is 9.72. The van der Waals surface area contributed by atoms with Gasteiger partial charge in [0, 0.05) is 53.2 Å². The Morgan fingerprint density at radius 3 is 2.55 bits per heavy atom. The molecule has 0 N–H and O–H groups in total. The molecule has 0 saturated carbocycles. The van der Waals surface area contributed by atoms with Gasteiger partial charge in [-0.2, -0.15) is 0 Å². The lowest BCUT2D eigenvalue weighted by atomic mass is 10.0. The minimum absolute atomic E-state index is 0.198. The van der Waals surface area contributed by atoms with Crippen molar-refractivity contribution in [2.24, 2.45) is 0 Å². The molecular weight excluding hydrogens is 380 g/mol. The Kier molecular flexibility index (Phi) is 5.97. The molecule has 5 heteroatoms. The van der Waals surface area contributed by atoms with E-state index in [1.165, 1.54) is 27.1 Å². The zero-order valence-corrected chi connectivity index (χ0v) is 18.2. The van der Waals surface area contributed by atoms with Crippen LogP contribution in [0.15, 0.2) is 53.4 Å². The number of aromatic nitrogens is 1. The summed E-state index contributed by atoms with van der Waals surface area (Å²) in [7, 11) is 0. The Labute approximate surface area is 176 Å². The SMILES string of the molecule is CCOCCn1c2c(c3ccccc31)C(C(=O)N(CC)CC)Sc1ccccc1-2. The normalized spacial score (nSPS) is 15.2. The van der Waals surface area contributed by atoms with Crippen LogP contribution < -0.4 is 0 Å². The van der Waals surface area contributed by atoms with Crippen LogP contribution in [0.4, 0.5) is 0 Å². The summed E-state index contributed by atoms with van der Waals surface area (Å²) in [4.78, 5) is 16.6. The van der Waals surface area contributed by atoms with E-state index in [0.29, 0.717) is 13.2 Å². The Morgan fingerprint density at radius 1 is 1.07 bits per heavy atom. The van der Waals surface area contributed by atoms with Gasteiger partial charge in [0.15, 0.2) is 0 Å². The van der Waals surface area contributed by atoms with Crippen LogP contribution in [0.1, 0.15) is 31.6 Å². The average Bonchev–Trinajstić information content (AvgIpc) is 3.09. The second kappa shape index (κ2) is 8.64. The molecular formula is C24H28N2O2S. The highest BCUT2D eigenvalue weighted by Crippen LogP contribution is 2.53. The molecule has 0 fully saturated rings. The van der Waals surface area contributed by atoms with Crippen molar-refractivity contribution >= 4 is 28.6 Å². The van der Waals surface area contributed by atoms with E-state index in [1.807, 2.05) is 11.8 Å². The van der Waals surface area contributed by atoms with Crippen LogP contribution in [0.5, 0.6) is 0 Å². The van der Waals surface area contributed by atoms with E-state index < -0.39 is 0 Å². The van der Waals surface area contributed by atoms with Crippen molar-refractivity contribution in [2.75, 3.05) is 26.3 Å². The fraction of sp³-hybridized carbons (Fsp3) is 0.375. The molecule has 1 amide bonds. The molecule has 4 rings (SSSR count). The predicted octanol–water partition coefficient (Wildman–Crippen LogP) is 5.36. The number of benzene rings is 2. The molecule has 1 aliphatic rings. The third-order valence-electron chi connectivity index (χ3n) is 5.62. The number of rotatable bonds is 7. The van der Waals surface area contributed by atoms with Gasteiger partial charge < -0.3 is 14.2 Å². The highest BCUT2D eigenvalue weighted by atomic mass is 32.2. The molecule has 29 heavy (non-hydrogen) atoms. The number of ether oxygens (including phenoxy) is 1. The molecule has 4 nitrogen and oxygen atoms in total. The molecule has 0 saturated heterocycles. The molecule has 1 unspecified atom stereocenters. The van der Waals surface area contributed by atoms with E-state index in [9.17, 15) is 4.79 Å². The molecule has 0 bridgehead atoms. The van der Waals surface area contributed by atoms with Crippen molar-refractivity contribution in [3.8, 4) is 11.3 Å². The Balaban J connectivity index is 1.95. The quantitative estimate of drug-likeness (QED) is 0.494. The average molecular weight is 409 g/mol. The lowest BCUT2D eigenvalue weighted by Crippen LogP contribution is -2.34. The van der Waals surface area contributed by atoms with Gasteiger partial charge in [0.2, 0.25) is 5.91 Å². The van der Waals surface area contributed by atoms with Gasteiger partial charge in [-0.05, 0) is 32.9 Å². The third-order valence-corrected chi connectivity index (χ3v) is 6.90. The maximum absolute atomic E-state index is 13.5. The Hall–Kier alpha value is -2.24. The fourth-order valence-electron chi connectivity index (χ4n) is 4.24. The molecule has 152 valence electrons. The lowest BCUT2D eigenvalue weighted by Gasteiger charge is -2.30. The second-order valence-electron chi connectivity index (χ2n) is 7.13. The standard InChI is InChI=1S/C24H28N2O2S/c1-4-25(5-2)24(27)23-21-17-11-7-9-13-19(17)26(15-16-28-6-3)22(21)18-12-8-10-14-20(18)29-23/h7-14,23H,4-6,15-16H2,1-3H3. The lowest BCUT2D eigenvalue weighted by molar-refractivity contribution is -0.130. The highest BCUT2D eigenvalue weighted by Gasteiger charge is 2.36.